The van der Waals surface area contributed by atoms with Crippen LogP contribution in [0.5, 0.6) is 0 Å². The monoisotopic (exact) mass is 616 g/mol. The van der Waals surface area contributed by atoms with Crippen LogP contribution in [0.2, 0.25) is 5.02 Å². The lowest BCUT2D eigenvalue weighted by molar-refractivity contribution is -0.134. The number of carbonyl (C=O) groups excluding carboxylic acids is 2. The molecule has 2 fully saturated rings. The fourth-order valence-corrected chi connectivity index (χ4v) is 5.67. The Labute approximate surface area is 255 Å². The molecule has 0 bridgehead atoms. The number of carbonyl (C=O) groups is 4. The van der Waals surface area contributed by atoms with Crippen LogP contribution in [-0.2, 0) is 19.2 Å². The summed E-state index contributed by atoms with van der Waals surface area (Å²) in [4.78, 5) is 49.5. The van der Waals surface area contributed by atoms with E-state index in [4.69, 9.17) is 21.8 Å². The number of hydrogen-bond donors (Lipinski definition) is 4. The second-order valence-electron chi connectivity index (χ2n) is 11.1. The van der Waals surface area contributed by atoms with Gasteiger partial charge in [0.25, 0.3) is 0 Å². The van der Waals surface area contributed by atoms with Gasteiger partial charge in [-0.3, -0.25) is 14.5 Å². The van der Waals surface area contributed by atoms with E-state index in [1.54, 1.807) is 23.1 Å². The zero-order chi connectivity index (χ0) is 31.7. The average molecular weight is 617 g/mol. The normalized spacial score (nSPS) is 21.0. The number of hydrogen-bond acceptors (Lipinski definition) is 6. The summed E-state index contributed by atoms with van der Waals surface area (Å²) in [6, 6.07) is 13.6. The topological polar surface area (TPSA) is 139 Å². The summed E-state index contributed by atoms with van der Waals surface area (Å²) in [7, 11) is 0. The highest BCUT2D eigenvalue weighted by atomic mass is 35.5. The number of piperidine rings is 1. The Morgan fingerprint density at radius 2 is 1.72 bits per heavy atom. The number of nitrogens with one attached hydrogen (secondary N) is 2. The molecule has 0 saturated carbocycles. The van der Waals surface area contributed by atoms with E-state index in [1.807, 2.05) is 25.1 Å². The van der Waals surface area contributed by atoms with E-state index in [9.17, 15) is 23.6 Å². The molecular weight excluding hydrogens is 579 g/mol. The highest BCUT2D eigenvalue weighted by Gasteiger charge is 2.44. The zero-order valence-electron chi connectivity index (χ0n) is 24.4. The molecule has 0 aliphatic carbocycles. The van der Waals surface area contributed by atoms with Crippen molar-refractivity contribution < 1.29 is 33.8 Å². The Morgan fingerprint density at radius 1 is 1.09 bits per heavy atom. The molecule has 2 heterocycles. The number of nitrogens with zero attached hydrogens (tertiary/aromatic N) is 2. The van der Waals surface area contributed by atoms with Crippen LogP contribution < -0.4 is 15.5 Å². The average Bonchev–Trinajstić information content (AvgIpc) is 2.97. The number of carboxylic acid groups (broad SMARTS) is 2. The lowest BCUT2D eigenvalue weighted by Gasteiger charge is -2.51. The lowest BCUT2D eigenvalue weighted by atomic mass is 9.88. The van der Waals surface area contributed by atoms with Crippen molar-refractivity contribution >= 4 is 41.0 Å². The van der Waals surface area contributed by atoms with Crippen LogP contribution in [0.15, 0.2) is 60.7 Å². The van der Waals surface area contributed by atoms with Crippen LogP contribution in [0.3, 0.4) is 0 Å². The van der Waals surface area contributed by atoms with Crippen LogP contribution in [0.1, 0.15) is 45.2 Å². The van der Waals surface area contributed by atoms with Crippen LogP contribution in [0.4, 0.5) is 10.1 Å². The Morgan fingerprint density at radius 3 is 2.30 bits per heavy atom. The SMILES string of the molecule is CC[C@@H](NC(=O)[C@@H]1CNC[C@H](N2CC(=O)N(c3ccccc3Cl)CC2(C)C)C1)c1ccc(F)cc1.O=C(O)/C=C/C(=O)O. The second-order valence-corrected chi connectivity index (χ2v) is 11.6. The van der Waals surface area contributed by atoms with Crippen molar-refractivity contribution in [3.8, 4) is 0 Å². The van der Waals surface area contributed by atoms with Gasteiger partial charge in [-0.05, 0) is 56.5 Å². The number of piperazine rings is 1. The molecule has 2 saturated heterocycles. The number of anilines is 1. The minimum Gasteiger partial charge on any atom is -0.478 e. The fourth-order valence-electron chi connectivity index (χ4n) is 5.43. The van der Waals surface area contributed by atoms with E-state index >= 15 is 0 Å². The van der Waals surface area contributed by atoms with Gasteiger partial charge in [-0.15, -0.1) is 0 Å². The van der Waals surface area contributed by atoms with Gasteiger partial charge in [-0.25, -0.2) is 14.0 Å². The second kappa shape index (κ2) is 15.1. The molecule has 0 radical (unpaired) electrons. The Hall–Kier alpha value is -3.80. The van der Waals surface area contributed by atoms with Crippen LogP contribution in [-0.4, -0.2) is 76.6 Å². The molecule has 3 atom stereocenters. The molecule has 4 rings (SSSR count). The number of carboxylic acids is 2. The van der Waals surface area contributed by atoms with Crippen molar-refractivity contribution in [2.45, 2.75) is 51.2 Å². The molecule has 10 nitrogen and oxygen atoms in total. The fraction of sp³-hybridized carbons (Fsp3) is 0.419. The van der Waals surface area contributed by atoms with Crippen molar-refractivity contribution in [1.82, 2.24) is 15.5 Å². The number of para-hydroxylation sites is 1. The van der Waals surface area contributed by atoms with Crippen molar-refractivity contribution in [2.75, 3.05) is 31.1 Å². The number of aliphatic carboxylic acids is 2. The molecule has 43 heavy (non-hydrogen) atoms. The first kappa shape index (κ1) is 33.7. The summed E-state index contributed by atoms with van der Waals surface area (Å²) in [5, 5.41) is 22.7. The molecule has 4 N–H and O–H groups in total. The first-order valence-electron chi connectivity index (χ1n) is 14.0. The molecule has 2 amide bonds. The molecule has 0 spiro atoms. The third-order valence-electron chi connectivity index (χ3n) is 7.58. The summed E-state index contributed by atoms with van der Waals surface area (Å²) in [5.74, 6) is -3.03. The number of benzene rings is 2. The van der Waals surface area contributed by atoms with Gasteiger partial charge in [-0.1, -0.05) is 42.8 Å². The number of halogens is 2. The summed E-state index contributed by atoms with van der Waals surface area (Å²) >= 11 is 6.38. The van der Waals surface area contributed by atoms with E-state index in [0.717, 1.165) is 17.8 Å². The first-order chi connectivity index (χ1) is 20.3. The Balaban J connectivity index is 0.000000557. The quantitative estimate of drug-likeness (QED) is 0.328. The van der Waals surface area contributed by atoms with Gasteiger partial charge in [0, 0.05) is 43.4 Å². The van der Waals surface area contributed by atoms with Crippen LogP contribution in [0, 0.1) is 11.7 Å². The molecule has 0 unspecified atom stereocenters. The van der Waals surface area contributed by atoms with E-state index < -0.39 is 11.9 Å². The third kappa shape index (κ3) is 9.34. The van der Waals surface area contributed by atoms with Crippen LogP contribution >= 0.6 is 11.6 Å². The Kier molecular flexibility index (Phi) is 11.8. The predicted octanol–water partition coefficient (Wildman–Crippen LogP) is 3.86. The van der Waals surface area contributed by atoms with Gasteiger partial charge < -0.3 is 25.7 Å². The highest BCUT2D eigenvalue weighted by molar-refractivity contribution is 6.33. The van der Waals surface area contributed by atoms with Gasteiger partial charge in [0.1, 0.15) is 5.82 Å². The van der Waals surface area contributed by atoms with Gasteiger partial charge >= 0.3 is 11.9 Å². The van der Waals surface area contributed by atoms with Crippen molar-refractivity contribution in [3.05, 3.63) is 77.1 Å². The largest absolute Gasteiger partial charge is 0.478 e. The summed E-state index contributed by atoms with van der Waals surface area (Å²) in [5.41, 5.74) is 1.33. The van der Waals surface area contributed by atoms with E-state index in [1.165, 1.54) is 12.1 Å². The zero-order valence-corrected chi connectivity index (χ0v) is 25.2. The lowest BCUT2D eigenvalue weighted by Crippen LogP contribution is -2.67. The standard InChI is InChI=1S/C27H34ClFN4O2.C4H4O4/c1-4-23(18-9-11-20(29)12-10-18)31-26(35)19-13-21(15-30-14-19)33-16-25(34)32(17-27(33,2)3)24-8-6-5-7-22(24)28;5-3(6)1-2-4(7)8/h5-12,19,21,23,30H,4,13-17H2,1-3H3,(H,31,35);1-2H,(H,5,6)(H,7,8)/b;2-1+/t19-,21+,23+;/m0./s1. The van der Waals surface area contributed by atoms with Gasteiger partial charge in [0.15, 0.2) is 0 Å². The third-order valence-corrected chi connectivity index (χ3v) is 7.90. The summed E-state index contributed by atoms with van der Waals surface area (Å²) < 4.78 is 13.3. The van der Waals surface area contributed by atoms with Crippen LogP contribution in [0.25, 0.3) is 0 Å². The molecular formula is C31H38ClFN4O6. The van der Waals surface area contributed by atoms with Crippen molar-refractivity contribution in [3.63, 3.8) is 0 Å². The predicted molar refractivity (Wildman–Crippen MR) is 161 cm³/mol. The Bertz CT molecular complexity index is 1320. The summed E-state index contributed by atoms with van der Waals surface area (Å²) in [6.45, 7) is 8.38. The first-order valence-corrected chi connectivity index (χ1v) is 14.4. The van der Waals surface area contributed by atoms with Crippen molar-refractivity contribution in [1.29, 1.82) is 0 Å². The highest BCUT2D eigenvalue weighted by Crippen LogP contribution is 2.34. The number of amides is 2. The van der Waals surface area contributed by atoms with E-state index in [-0.39, 0.29) is 47.7 Å². The maximum atomic E-state index is 13.3. The van der Waals surface area contributed by atoms with Gasteiger partial charge in [0.2, 0.25) is 11.8 Å². The molecule has 2 aromatic rings. The summed E-state index contributed by atoms with van der Waals surface area (Å²) in [6.07, 6.45) is 2.50. The molecule has 12 heteroatoms. The maximum Gasteiger partial charge on any atom is 0.328 e. The van der Waals surface area contributed by atoms with Crippen molar-refractivity contribution in [2.24, 2.45) is 5.92 Å². The van der Waals surface area contributed by atoms with E-state index in [2.05, 4.69) is 29.4 Å². The molecule has 2 aliphatic heterocycles. The van der Waals surface area contributed by atoms with Gasteiger partial charge in [-0.2, -0.15) is 0 Å². The van der Waals surface area contributed by atoms with E-state index in [0.29, 0.717) is 43.1 Å². The molecule has 0 aromatic heterocycles. The molecule has 2 aliphatic rings. The minimum atomic E-state index is -1.26. The smallest absolute Gasteiger partial charge is 0.328 e. The minimum absolute atomic E-state index is 0.00589. The number of rotatable bonds is 8. The van der Waals surface area contributed by atoms with Gasteiger partial charge in [0.05, 0.1) is 29.2 Å². The maximum absolute atomic E-state index is 13.3. The molecule has 2 aromatic carbocycles. The molecule has 232 valence electrons.